The zero-order valence-corrected chi connectivity index (χ0v) is 43.8. The summed E-state index contributed by atoms with van der Waals surface area (Å²) in [7, 11) is 1.94. The molecular formula is C51H79N9O9S. The summed E-state index contributed by atoms with van der Waals surface area (Å²) in [6.45, 7) is 18.2. The SMILES string of the molecule is CC[C@H](C)[C@H](NC(=O)[C@H]1CCCCN1C)C(=O)N(CCCCc1cn(CCCC(=O)O)nn1)[C@H](C[C@@H](OC(C)=O)c1nc(C(=O)N[C@@H](Cc2ccc(NC(C)C)cc2)CC(C)(C)C(=O)O)cs1)C(C)C. The van der Waals surface area contributed by atoms with Gasteiger partial charge in [0.15, 0.2) is 6.10 Å². The molecule has 70 heavy (non-hydrogen) atoms. The number of aryl methyl sites for hydroxylation is 2. The number of rotatable bonds is 29. The van der Waals surface area contributed by atoms with Crippen LogP contribution in [0, 0.1) is 17.3 Å². The minimum atomic E-state index is -1.15. The average Bonchev–Trinajstić information content (AvgIpc) is 3.97. The van der Waals surface area contributed by atoms with Crippen molar-refractivity contribution in [1.29, 1.82) is 0 Å². The molecule has 3 aromatic rings. The van der Waals surface area contributed by atoms with Crippen LogP contribution in [0.2, 0.25) is 0 Å². The van der Waals surface area contributed by atoms with E-state index >= 15 is 4.79 Å². The number of hydrogen-bond acceptors (Lipinski definition) is 13. The molecule has 3 amide bonds. The zero-order valence-electron chi connectivity index (χ0n) is 43.0. The van der Waals surface area contributed by atoms with Gasteiger partial charge in [-0.3, -0.25) is 38.3 Å². The Kier molecular flexibility index (Phi) is 22.2. The molecule has 2 aromatic heterocycles. The number of amides is 3. The topological polar surface area (TPSA) is 238 Å². The molecule has 18 nitrogen and oxygen atoms in total. The summed E-state index contributed by atoms with van der Waals surface area (Å²) < 4.78 is 7.62. The maximum Gasteiger partial charge on any atom is 0.309 e. The first kappa shape index (κ1) is 57.2. The fourth-order valence-corrected chi connectivity index (χ4v) is 9.75. The van der Waals surface area contributed by atoms with Crippen LogP contribution in [0.15, 0.2) is 35.8 Å². The van der Waals surface area contributed by atoms with Crippen molar-refractivity contribution in [3.63, 3.8) is 0 Å². The molecule has 0 bridgehead atoms. The van der Waals surface area contributed by atoms with Crippen molar-refractivity contribution in [2.75, 3.05) is 25.5 Å². The van der Waals surface area contributed by atoms with Gasteiger partial charge in [-0.15, -0.1) is 16.4 Å². The van der Waals surface area contributed by atoms with Crippen LogP contribution in [-0.4, -0.2) is 126 Å². The monoisotopic (exact) mass is 994 g/mol. The minimum absolute atomic E-state index is 0.0330. The van der Waals surface area contributed by atoms with Crippen molar-refractivity contribution < 1.29 is 43.7 Å². The van der Waals surface area contributed by atoms with E-state index in [1.54, 1.807) is 23.9 Å². The number of anilines is 1. The van der Waals surface area contributed by atoms with Gasteiger partial charge < -0.3 is 35.8 Å². The molecule has 0 saturated carbocycles. The van der Waals surface area contributed by atoms with Crippen LogP contribution in [-0.2, 0) is 48.1 Å². The molecule has 0 spiro atoms. The first-order chi connectivity index (χ1) is 33.1. The Labute approximate surface area is 418 Å². The molecule has 0 radical (unpaired) electrons. The quantitative estimate of drug-likeness (QED) is 0.0343. The van der Waals surface area contributed by atoms with Crippen molar-refractivity contribution in [1.82, 2.24) is 40.4 Å². The van der Waals surface area contributed by atoms with E-state index in [0.717, 1.165) is 47.7 Å². The van der Waals surface area contributed by atoms with Crippen molar-refractivity contribution in [3.05, 3.63) is 57.8 Å². The number of piperidine rings is 1. The Morgan fingerprint density at radius 3 is 2.31 bits per heavy atom. The number of likely N-dealkylation sites (N-methyl/N-ethyl adjacent to an activating group) is 1. The Hall–Kier alpha value is -5.43. The van der Waals surface area contributed by atoms with E-state index in [-0.39, 0.29) is 60.7 Å². The van der Waals surface area contributed by atoms with Crippen LogP contribution in [0.25, 0.3) is 0 Å². The number of ether oxygens (including phenoxy) is 1. The average molecular weight is 994 g/mol. The normalized spacial score (nSPS) is 16.5. The van der Waals surface area contributed by atoms with E-state index in [0.29, 0.717) is 63.0 Å². The largest absolute Gasteiger partial charge is 0.481 e. The Morgan fingerprint density at radius 1 is 0.986 bits per heavy atom. The highest BCUT2D eigenvalue weighted by Gasteiger charge is 2.39. The number of benzene rings is 1. The number of aliphatic carboxylic acids is 2. The van der Waals surface area contributed by atoms with Crippen LogP contribution in [0.3, 0.4) is 0 Å². The van der Waals surface area contributed by atoms with Gasteiger partial charge in [0.2, 0.25) is 11.8 Å². The Balaban J connectivity index is 1.62. The van der Waals surface area contributed by atoms with Gasteiger partial charge in [0.1, 0.15) is 16.7 Å². The molecule has 4 rings (SSSR count). The number of likely N-dealkylation sites (tertiary alicyclic amines) is 1. The molecule has 1 aliphatic rings. The van der Waals surface area contributed by atoms with Gasteiger partial charge in [0.25, 0.3) is 5.91 Å². The molecule has 5 N–H and O–H groups in total. The molecule has 3 heterocycles. The molecule has 1 aromatic carbocycles. The number of carboxylic acids is 2. The van der Waals surface area contributed by atoms with Crippen molar-refractivity contribution >= 4 is 52.7 Å². The first-order valence-electron chi connectivity index (χ1n) is 25.0. The van der Waals surface area contributed by atoms with Gasteiger partial charge >= 0.3 is 17.9 Å². The van der Waals surface area contributed by atoms with Crippen LogP contribution < -0.4 is 16.0 Å². The predicted molar refractivity (Wildman–Crippen MR) is 269 cm³/mol. The highest BCUT2D eigenvalue weighted by Crippen LogP contribution is 2.33. The third kappa shape index (κ3) is 17.8. The summed E-state index contributed by atoms with van der Waals surface area (Å²) in [5.74, 6) is -3.67. The zero-order chi connectivity index (χ0) is 51.7. The molecule has 1 aliphatic heterocycles. The van der Waals surface area contributed by atoms with Crippen molar-refractivity contribution in [2.45, 2.75) is 182 Å². The number of unbranched alkanes of at least 4 members (excludes halogenated alkanes) is 1. The van der Waals surface area contributed by atoms with E-state index in [2.05, 4.69) is 26.3 Å². The third-order valence-corrected chi connectivity index (χ3v) is 14.0. The molecule has 19 heteroatoms. The second-order valence-corrected chi connectivity index (χ2v) is 21.2. The molecule has 388 valence electrons. The van der Waals surface area contributed by atoms with Crippen LogP contribution in [0.5, 0.6) is 0 Å². The van der Waals surface area contributed by atoms with Gasteiger partial charge in [-0.2, -0.15) is 0 Å². The Morgan fingerprint density at radius 2 is 1.70 bits per heavy atom. The minimum Gasteiger partial charge on any atom is -0.481 e. The molecule has 1 saturated heterocycles. The van der Waals surface area contributed by atoms with E-state index in [4.69, 9.17) is 14.8 Å². The first-order valence-corrected chi connectivity index (χ1v) is 25.9. The van der Waals surface area contributed by atoms with Crippen LogP contribution in [0.4, 0.5) is 5.69 Å². The summed E-state index contributed by atoms with van der Waals surface area (Å²) in [5, 5.41) is 39.0. The Bertz CT molecular complexity index is 2180. The highest BCUT2D eigenvalue weighted by atomic mass is 32.1. The van der Waals surface area contributed by atoms with Gasteiger partial charge in [-0.25, -0.2) is 4.98 Å². The van der Waals surface area contributed by atoms with Gasteiger partial charge in [-0.05, 0) is 122 Å². The van der Waals surface area contributed by atoms with E-state index < -0.39 is 53.5 Å². The van der Waals surface area contributed by atoms with Crippen LogP contribution in [0.1, 0.15) is 159 Å². The summed E-state index contributed by atoms with van der Waals surface area (Å²) in [4.78, 5) is 87.8. The standard InChI is InChI=1S/C51H79N9O9S/c1-11-34(6)45(55-47(65)41-18-13-14-24-58(41)10)49(66)60(26-15-12-17-38-30-59(57-56-38)25-16-19-44(62)63)42(32(2)3)28-43(69-35(7)61)48-54-40(31-70-48)46(64)53-39(29-51(8,9)50(67)68)27-36-20-22-37(23-21-36)52-33(4)5/h20-23,30-34,39,41-43,45,52H,11-19,24-29H2,1-10H3,(H,53,64)(H,55,65)(H,62,63)(H,67,68)/t34-,39-,41+,42+,43+,45-/m0/s1. The maximum absolute atomic E-state index is 15.2. The van der Waals surface area contributed by atoms with Crippen molar-refractivity contribution in [3.8, 4) is 0 Å². The number of aromatic nitrogens is 4. The fourth-order valence-electron chi connectivity index (χ4n) is 8.91. The van der Waals surface area contributed by atoms with Gasteiger partial charge in [0.05, 0.1) is 17.2 Å². The number of hydrogen-bond donors (Lipinski definition) is 5. The number of carboxylic acid groups (broad SMARTS) is 2. The summed E-state index contributed by atoms with van der Waals surface area (Å²) in [5.41, 5.74) is 1.56. The lowest BCUT2D eigenvalue weighted by atomic mass is 9.84. The number of thiazole rings is 1. The van der Waals surface area contributed by atoms with Crippen LogP contribution >= 0.6 is 11.3 Å². The fraction of sp³-hybridized carbons (Fsp3) is 0.667. The lowest BCUT2D eigenvalue weighted by molar-refractivity contribution is -0.150. The number of carbonyl (C=O) groups is 6. The lowest BCUT2D eigenvalue weighted by Crippen LogP contribution is -2.59. The summed E-state index contributed by atoms with van der Waals surface area (Å²) in [6.07, 6.45) is 7.10. The third-order valence-electron chi connectivity index (χ3n) is 13.1. The molecule has 6 atom stereocenters. The molecule has 0 unspecified atom stereocenters. The maximum atomic E-state index is 15.2. The highest BCUT2D eigenvalue weighted by molar-refractivity contribution is 7.09. The number of esters is 1. The summed E-state index contributed by atoms with van der Waals surface area (Å²) >= 11 is 1.16. The second kappa shape index (κ2) is 27.2. The smallest absolute Gasteiger partial charge is 0.309 e. The number of carbonyl (C=O) groups excluding carboxylic acids is 4. The number of nitrogens with one attached hydrogen (secondary N) is 3. The van der Waals surface area contributed by atoms with Gasteiger partial charge in [0, 0.05) is 68.2 Å². The number of nitrogens with zero attached hydrogens (tertiary/aromatic N) is 6. The lowest BCUT2D eigenvalue weighted by Gasteiger charge is -2.40. The van der Waals surface area contributed by atoms with E-state index in [9.17, 15) is 29.1 Å². The molecule has 1 fully saturated rings. The van der Waals surface area contributed by atoms with Crippen molar-refractivity contribution in [2.24, 2.45) is 17.3 Å². The molecule has 0 aliphatic carbocycles. The molecular weight excluding hydrogens is 915 g/mol. The van der Waals surface area contributed by atoms with Gasteiger partial charge in [-0.1, -0.05) is 57.9 Å². The van der Waals surface area contributed by atoms with E-state index in [1.807, 2.05) is 88.9 Å². The second-order valence-electron chi connectivity index (χ2n) is 20.3. The predicted octanol–water partition coefficient (Wildman–Crippen LogP) is 7.15. The summed E-state index contributed by atoms with van der Waals surface area (Å²) in [6, 6.07) is 5.84. The van der Waals surface area contributed by atoms with E-state index in [1.165, 1.54) is 6.92 Å².